The summed E-state index contributed by atoms with van der Waals surface area (Å²) in [7, 11) is 3.57. The number of carboxylic acids is 1. The average molecular weight is 232 g/mol. The van der Waals surface area contributed by atoms with Crippen molar-refractivity contribution >= 4 is 5.97 Å². The Morgan fingerprint density at radius 2 is 1.53 bits per heavy atom. The van der Waals surface area contributed by atoms with Gasteiger partial charge in [-0.3, -0.25) is 9.80 Å². The summed E-state index contributed by atoms with van der Waals surface area (Å²) in [6.07, 6.45) is -5.94. The molecule has 0 aromatic carbocycles. The van der Waals surface area contributed by atoms with E-state index in [2.05, 4.69) is 0 Å². The maximum absolute atomic E-state index is 12.6. The van der Waals surface area contributed by atoms with Crippen LogP contribution in [0.4, 0.5) is 17.6 Å². The molecule has 1 aliphatic heterocycles. The zero-order valence-electron chi connectivity index (χ0n) is 8.25. The van der Waals surface area contributed by atoms with Crippen LogP contribution in [0.25, 0.3) is 0 Å². The van der Waals surface area contributed by atoms with E-state index in [0.29, 0.717) is 0 Å². The van der Waals surface area contributed by atoms with Gasteiger partial charge in [0, 0.05) is 13.1 Å². The van der Waals surface area contributed by atoms with Gasteiger partial charge in [0.2, 0.25) is 6.42 Å². The highest BCUT2D eigenvalue weighted by molar-refractivity contribution is 5.73. The molecule has 1 N–H and O–H groups in total. The highest BCUT2D eigenvalue weighted by Crippen LogP contribution is 2.13. The van der Waals surface area contributed by atoms with Crippen LogP contribution < -0.4 is 0 Å². The molecule has 0 aromatic rings. The van der Waals surface area contributed by atoms with Crippen molar-refractivity contribution in [1.82, 2.24) is 9.80 Å². The second kappa shape index (κ2) is 5.26. The van der Waals surface area contributed by atoms with Gasteiger partial charge in [-0.05, 0) is 14.1 Å². The Hall–Kier alpha value is -0.890. The molecule has 0 amide bonds. The van der Waals surface area contributed by atoms with Gasteiger partial charge in [0.1, 0.15) is 0 Å². The maximum Gasteiger partial charge on any atom is 0.490 e. The first kappa shape index (κ1) is 14.1. The molecule has 90 valence electrons. The van der Waals surface area contributed by atoms with Crippen molar-refractivity contribution in [3.05, 3.63) is 0 Å². The van der Waals surface area contributed by atoms with Gasteiger partial charge in [0.15, 0.2) is 0 Å². The SMILES string of the molecule is CN1CCN(C)C1F.O=C(O)C(F)(F)F. The number of halogens is 4. The van der Waals surface area contributed by atoms with Crippen LogP contribution in [0.2, 0.25) is 0 Å². The summed E-state index contributed by atoms with van der Waals surface area (Å²) in [4.78, 5) is 12.3. The van der Waals surface area contributed by atoms with Crippen LogP contribution in [-0.2, 0) is 4.79 Å². The third kappa shape index (κ3) is 4.93. The third-order valence-corrected chi connectivity index (χ3v) is 1.78. The summed E-state index contributed by atoms with van der Waals surface area (Å²) in [5, 5.41) is 7.12. The summed E-state index contributed by atoms with van der Waals surface area (Å²) in [6, 6.07) is 0. The van der Waals surface area contributed by atoms with Crippen LogP contribution >= 0.6 is 0 Å². The molecular formula is C7H12F4N2O2. The molecule has 15 heavy (non-hydrogen) atoms. The summed E-state index contributed by atoms with van der Waals surface area (Å²) >= 11 is 0. The standard InChI is InChI=1S/C5H11FN2.C2HF3O2/c1-7-3-4-8(2)5(7)6;3-2(4,5)1(6)7/h5H,3-4H2,1-2H3;(H,6,7). The van der Waals surface area contributed by atoms with Crippen LogP contribution in [0.3, 0.4) is 0 Å². The predicted octanol–water partition coefficient (Wildman–Crippen LogP) is 0.750. The molecule has 0 unspecified atom stereocenters. The van der Waals surface area contributed by atoms with Gasteiger partial charge in [-0.2, -0.15) is 13.2 Å². The van der Waals surface area contributed by atoms with Crippen molar-refractivity contribution in [1.29, 1.82) is 0 Å². The molecule has 1 saturated heterocycles. The van der Waals surface area contributed by atoms with Crippen LogP contribution in [0.1, 0.15) is 0 Å². The van der Waals surface area contributed by atoms with Gasteiger partial charge in [-0.25, -0.2) is 9.18 Å². The summed E-state index contributed by atoms with van der Waals surface area (Å²) in [5.74, 6) is -2.76. The van der Waals surface area contributed by atoms with Crippen molar-refractivity contribution in [3.63, 3.8) is 0 Å². The summed E-state index contributed by atoms with van der Waals surface area (Å²) in [6.45, 7) is 1.69. The number of hydrogen-bond donors (Lipinski definition) is 1. The number of carboxylic acid groups (broad SMARTS) is 1. The molecule has 1 aliphatic rings. The van der Waals surface area contributed by atoms with E-state index in [1.54, 1.807) is 23.9 Å². The fraction of sp³-hybridized carbons (Fsp3) is 0.857. The molecule has 0 radical (unpaired) electrons. The minimum atomic E-state index is -5.08. The molecule has 4 nitrogen and oxygen atoms in total. The Kier molecular flexibility index (Phi) is 4.95. The summed E-state index contributed by atoms with van der Waals surface area (Å²) in [5.41, 5.74) is 0. The molecule has 0 spiro atoms. The Balaban J connectivity index is 0.000000265. The zero-order valence-corrected chi connectivity index (χ0v) is 8.25. The molecule has 1 fully saturated rings. The topological polar surface area (TPSA) is 43.8 Å². The zero-order chi connectivity index (χ0) is 12.2. The number of hydrogen-bond acceptors (Lipinski definition) is 3. The van der Waals surface area contributed by atoms with Gasteiger partial charge in [-0.15, -0.1) is 0 Å². The van der Waals surface area contributed by atoms with Gasteiger partial charge in [-0.1, -0.05) is 0 Å². The van der Waals surface area contributed by atoms with Gasteiger partial charge < -0.3 is 5.11 Å². The number of rotatable bonds is 0. The molecule has 8 heteroatoms. The number of nitrogens with zero attached hydrogens (tertiary/aromatic N) is 2. The minimum Gasteiger partial charge on any atom is -0.475 e. The molecule has 0 aliphatic carbocycles. The smallest absolute Gasteiger partial charge is 0.475 e. The fourth-order valence-electron chi connectivity index (χ4n) is 0.865. The molecule has 0 atom stereocenters. The van der Waals surface area contributed by atoms with Crippen LogP contribution in [0.15, 0.2) is 0 Å². The first-order valence-electron chi connectivity index (χ1n) is 4.01. The predicted molar refractivity (Wildman–Crippen MR) is 43.8 cm³/mol. The van der Waals surface area contributed by atoms with Gasteiger partial charge >= 0.3 is 12.1 Å². The summed E-state index contributed by atoms with van der Waals surface area (Å²) < 4.78 is 44.3. The lowest BCUT2D eigenvalue weighted by molar-refractivity contribution is -0.192. The third-order valence-electron chi connectivity index (χ3n) is 1.78. The van der Waals surface area contributed by atoms with E-state index in [9.17, 15) is 17.6 Å². The molecule has 1 heterocycles. The average Bonchev–Trinajstić information content (AvgIpc) is 2.36. The van der Waals surface area contributed by atoms with Crippen molar-refractivity contribution in [2.75, 3.05) is 27.2 Å². The Bertz CT molecular complexity index is 212. The second-order valence-electron chi connectivity index (χ2n) is 3.07. The van der Waals surface area contributed by atoms with Crippen molar-refractivity contribution in [2.24, 2.45) is 0 Å². The lowest BCUT2D eigenvalue weighted by atomic mass is 10.6. The van der Waals surface area contributed by atoms with Crippen molar-refractivity contribution in [2.45, 2.75) is 12.6 Å². The first-order valence-corrected chi connectivity index (χ1v) is 4.01. The lowest BCUT2D eigenvalue weighted by Crippen LogP contribution is -2.29. The van der Waals surface area contributed by atoms with Gasteiger partial charge in [0.05, 0.1) is 0 Å². The Morgan fingerprint density at radius 1 is 1.27 bits per heavy atom. The normalized spacial score (nSPS) is 19.9. The van der Waals surface area contributed by atoms with E-state index < -0.39 is 18.6 Å². The number of alkyl halides is 4. The Labute approximate surface area is 84.1 Å². The maximum atomic E-state index is 12.6. The molecule has 0 saturated carbocycles. The highest BCUT2D eigenvalue weighted by atomic mass is 19.4. The minimum absolute atomic E-state index is 0.845. The van der Waals surface area contributed by atoms with E-state index in [4.69, 9.17) is 9.90 Å². The van der Waals surface area contributed by atoms with Crippen LogP contribution in [0, 0.1) is 0 Å². The van der Waals surface area contributed by atoms with E-state index in [-0.39, 0.29) is 0 Å². The van der Waals surface area contributed by atoms with E-state index >= 15 is 0 Å². The van der Waals surface area contributed by atoms with Crippen LogP contribution in [0.5, 0.6) is 0 Å². The molecule has 0 aromatic heterocycles. The molecule has 1 rings (SSSR count). The monoisotopic (exact) mass is 232 g/mol. The van der Waals surface area contributed by atoms with Crippen molar-refractivity contribution in [3.8, 4) is 0 Å². The Morgan fingerprint density at radius 3 is 1.60 bits per heavy atom. The molecular weight excluding hydrogens is 220 g/mol. The van der Waals surface area contributed by atoms with E-state index in [1.807, 2.05) is 0 Å². The largest absolute Gasteiger partial charge is 0.490 e. The van der Waals surface area contributed by atoms with Crippen molar-refractivity contribution < 1.29 is 27.5 Å². The van der Waals surface area contributed by atoms with Gasteiger partial charge in [0.25, 0.3) is 0 Å². The number of likely N-dealkylation sites (N-methyl/N-ethyl adjacent to an activating group) is 2. The molecule has 0 bridgehead atoms. The lowest BCUT2D eigenvalue weighted by Gasteiger charge is -2.14. The highest BCUT2D eigenvalue weighted by Gasteiger charge is 2.38. The first-order chi connectivity index (χ1) is 6.66. The quantitative estimate of drug-likeness (QED) is 0.494. The fourth-order valence-corrected chi connectivity index (χ4v) is 0.865. The van der Waals surface area contributed by atoms with Crippen LogP contribution in [-0.4, -0.2) is 60.7 Å². The number of carbonyl (C=O) groups is 1. The van der Waals surface area contributed by atoms with E-state index in [0.717, 1.165) is 13.1 Å². The number of aliphatic carboxylic acids is 1. The second-order valence-corrected chi connectivity index (χ2v) is 3.07. The van der Waals surface area contributed by atoms with E-state index in [1.165, 1.54) is 0 Å².